The second-order valence-corrected chi connectivity index (χ2v) is 5.60. The average molecular weight is 292 g/mol. The summed E-state index contributed by atoms with van der Waals surface area (Å²) in [7, 11) is 1.71. The summed E-state index contributed by atoms with van der Waals surface area (Å²) in [5.74, 6) is -0.853. The van der Waals surface area contributed by atoms with Crippen molar-refractivity contribution in [2.45, 2.75) is 25.0 Å². The number of aliphatic carboxylic acids is 1. The number of likely N-dealkylation sites (N-methyl/N-ethyl adjacent to an activating group) is 1. The van der Waals surface area contributed by atoms with Crippen molar-refractivity contribution in [2.75, 3.05) is 33.3 Å². The molecule has 0 aliphatic carbocycles. The molecule has 0 aromatic heterocycles. The summed E-state index contributed by atoms with van der Waals surface area (Å²) in [5.41, 5.74) is -0.316. The van der Waals surface area contributed by atoms with Gasteiger partial charge >= 0.3 is 5.97 Å². The zero-order valence-corrected chi connectivity index (χ0v) is 12.7. The molecule has 0 bridgehead atoms. The van der Waals surface area contributed by atoms with Crippen molar-refractivity contribution < 1.29 is 14.6 Å². The summed E-state index contributed by atoms with van der Waals surface area (Å²) >= 11 is 0. The molecule has 5 heteroatoms. The zero-order chi connectivity index (χ0) is 15.3. The Morgan fingerprint density at radius 3 is 2.81 bits per heavy atom. The highest BCUT2D eigenvalue weighted by Gasteiger charge is 2.40. The van der Waals surface area contributed by atoms with Gasteiger partial charge in [-0.3, -0.25) is 4.90 Å². The van der Waals surface area contributed by atoms with E-state index in [0.717, 1.165) is 31.7 Å². The maximum Gasteiger partial charge on any atom is 0.329 e. The molecular weight excluding hydrogens is 268 g/mol. The van der Waals surface area contributed by atoms with Crippen molar-refractivity contribution in [3.8, 4) is 0 Å². The summed E-state index contributed by atoms with van der Waals surface area (Å²) < 4.78 is 5.64. The first-order valence-electron chi connectivity index (χ1n) is 7.40. The molecule has 0 radical (unpaired) electrons. The minimum absolute atomic E-state index is 0.131. The second kappa shape index (κ2) is 7.02. The van der Waals surface area contributed by atoms with E-state index in [2.05, 4.69) is 10.2 Å². The van der Waals surface area contributed by atoms with Crippen molar-refractivity contribution in [3.05, 3.63) is 35.9 Å². The molecule has 0 saturated carbocycles. The molecule has 0 amide bonds. The molecule has 1 aromatic carbocycles. The number of rotatable bonds is 5. The Balaban J connectivity index is 2.26. The van der Waals surface area contributed by atoms with Gasteiger partial charge in [0.2, 0.25) is 0 Å². The van der Waals surface area contributed by atoms with E-state index < -0.39 is 11.5 Å². The van der Waals surface area contributed by atoms with E-state index in [-0.39, 0.29) is 6.10 Å². The minimum Gasteiger partial charge on any atom is -0.480 e. The second-order valence-electron chi connectivity index (χ2n) is 5.60. The first-order valence-corrected chi connectivity index (χ1v) is 7.40. The van der Waals surface area contributed by atoms with Crippen LogP contribution < -0.4 is 5.32 Å². The number of carboxylic acid groups (broad SMARTS) is 1. The van der Waals surface area contributed by atoms with Crippen LogP contribution in [-0.2, 0) is 15.1 Å². The highest BCUT2D eigenvalue weighted by atomic mass is 16.5. The Labute approximate surface area is 125 Å². The Morgan fingerprint density at radius 1 is 1.48 bits per heavy atom. The molecule has 2 atom stereocenters. The van der Waals surface area contributed by atoms with Gasteiger partial charge in [0.1, 0.15) is 0 Å². The molecule has 2 rings (SSSR count). The maximum absolute atomic E-state index is 12.0. The molecule has 2 unspecified atom stereocenters. The minimum atomic E-state index is -1.09. The molecule has 1 aromatic rings. The summed E-state index contributed by atoms with van der Waals surface area (Å²) in [6, 6.07) is 9.37. The predicted molar refractivity (Wildman–Crippen MR) is 81.3 cm³/mol. The first kappa shape index (κ1) is 15.9. The quantitative estimate of drug-likeness (QED) is 0.856. The summed E-state index contributed by atoms with van der Waals surface area (Å²) in [5, 5.41) is 12.9. The smallest absolute Gasteiger partial charge is 0.329 e. The maximum atomic E-state index is 12.0. The van der Waals surface area contributed by atoms with E-state index in [4.69, 9.17) is 4.74 Å². The normalized spacial score (nSPS) is 23.2. The first-order chi connectivity index (χ1) is 10.1. The highest BCUT2D eigenvalue weighted by Crippen LogP contribution is 2.24. The van der Waals surface area contributed by atoms with Crippen LogP contribution in [0.4, 0.5) is 0 Å². The molecule has 2 N–H and O–H groups in total. The van der Waals surface area contributed by atoms with Gasteiger partial charge in [-0.1, -0.05) is 30.3 Å². The molecule has 5 nitrogen and oxygen atoms in total. The Hall–Kier alpha value is -1.43. The molecule has 1 aliphatic heterocycles. The standard InChI is InChI=1S/C16H24N2O3/c1-13-11-18(9-6-10-21-13)12-16(17-2,15(19)20)14-7-4-3-5-8-14/h3-5,7-8,13,17H,6,9-12H2,1-2H3,(H,19,20). The molecule has 1 saturated heterocycles. The van der Waals surface area contributed by atoms with E-state index in [9.17, 15) is 9.90 Å². The Morgan fingerprint density at radius 2 is 2.19 bits per heavy atom. The van der Waals surface area contributed by atoms with Crippen molar-refractivity contribution in [1.29, 1.82) is 0 Å². The lowest BCUT2D eigenvalue weighted by atomic mass is 9.89. The fourth-order valence-corrected chi connectivity index (χ4v) is 2.89. The fourth-order valence-electron chi connectivity index (χ4n) is 2.89. The van der Waals surface area contributed by atoms with Gasteiger partial charge in [0, 0.05) is 26.2 Å². The van der Waals surface area contributed by atoms with Crippen LogP contribution in [0.5, 0.6) is 0 Å². The molecular formula is C16H24N2O3. The largest absolute Gasteiger partial charge is 0.480 e. The van der Waals surface area contributed by atoms with Crippen LogP contribution in [0.15, 0.2) is 30.3 Å². The van der Waals surface area contributed by atoms with Crippen LogP contribution in [0, 0.1) is 0 Å². The summed E-state index contributed by atoms with van der Waals surface area (Å²) in [6.07, 6.45) is 1.06. The van der Waals surface area contributed by atoms with Crippen LogP contribution in [0.3, 0.4) is 0 Å². The Kier molecular flexibility index (Phi) is 5.33. The van der Waals surface area contributed by atoms with Crippen LogP contribution in [0.1, 0.15) is 18.9 Å². The molecule has 0 spiro atoms. The summed E-state index contributed by atoms with van der Waals surface area (Å²) in [4.78, 5) is 14.1. The predicted octanol–water partition coefficient (Wildman–Crippen LogP) is 1.30. The lowest BCUT2D eigenvalue weighted by Crippen LogP contribution is -2.55. The number of nitrogens with one attached hydrogen (secondary N) is 1. The van der Waals surface area contributed by atoms with E-state index in [1.54, 1.807) is 7.05 Å². The van der Waals surface area contributed by atoms with Gasteiger partial charge in [-0.05, 0) is 26.0 Å². The van der Waals surface area contributed by atoms with E-state index in [1.165, 1.54) is 0 Å². The average Bonchev–Trinajstić information content (AvgIpc) is 2.69. The van der Waals surface area contributed by atoms with Crippen molar-refractivity contribution in [2.24, 2.45) is 0 Å². The molecule has 116 valence electrons. The number of ether oxygens (including phenoxy) is 1. The molecule has 1 fully saturated rings. The number of carbonyl (C=O) groups is 1. The molecule has 21 heavy (non-hydrogen) atoms. The number of hydrogen-bond acceptors (Lipinski definition) is 4. The van der Waals surface area contributed by atoms with Gasteiger partial charge in [-0.2, -0.15) is 0 Å². The third-order valence-corrected chi connectivity index (χ3v) is 4.06. The van der Waals surface area contributed by atoms with Gasteiger partial charge in [0.25, 0.3) is 0 Å². The van der Waals surface area contributed by atoms with Crippen LogP contribution in [0.25, 0.3) is 0 Å². The van der Waals surface area contributed by atoms with Crippen molar-refractivity contribution in [3.63, 3.8) is 0 Å². The van der Waals surface area contributed by atoms with Gasteiger partial charge in [-0.25, -0.2) is 4.79 Å². The van der Waals surface area contributed by atoms with Gasteiger partial charge in [0.05, 0.1) is 6.10 Å². The number of hydrogen-bond donors (Lipinski definition) is 2. The van der Waals surface area contributed by atoms with Crippen LogP contribution in [-0.4, -0.2) is 55.4 Å². The number of carboxylic acids is 1. The van der Waals surface area contributed by atoms with E-state index in [0.29, 0.717) is 6.54 Å². The third-order valence-electron chi connectivity index (χ3n) is 4.06. The number of nitrogens with zero attached hydrogens (tertiary/aromatic N) is 1. The van der Waals surface area contributed by atoms with E-state index >= 15 is 0 Å². The summed E-state index contributed by atoms with van der Waals surface area (Å²) in [6.45, 7) is 4.80. The topological polar surface area (TPSA) is 61.8 Å². The van der Waals surface area contributed by atoms with Gasteiger partial charge < -0.3 is 15.2 Å². The van der Waals surface area contributed by atoms with Gasteiger partial charge in [-0.15, -0.1) is 0 Å². The SMILES string of the molecule is CNC(CN1CCCOC(C)C1)(C(=O)O)c1ccccc1. The van der Waals surface area contributed by atoms with Crippen molar-refractivity contribution in [1.82, 2.24) is 10.2 Å². The molecule has 1 heterocycles. The lowest BCUT2D eigenvalue weighted by Gasteiger charge is -2.35. The van der Waals surface area contributed by atoms with Crippen molar-refractivity contribution >= 4 is 5.97 Å². The highest BCUT2D eigenvalue weighted by molar-refractivity contribution is 5.81. The molecule has 1 aliphatic rings. The van der Waals surface area contributed by atoms with Crippen LogP contribution >= 0.6 is 0 Å². The third kappa shape index (κ3) is 3.61. The van der Waals surface area contributed by atoms with Gasteiger partial charge in [0.15, 0.2) is 5.54 Å². The number of benzene rings is 1. The van der Waals surface area contributed by atoms with E-state index in [1.807, 2.05) is 37.3 Å². The Bertz CT molecular complexity index is 466. The fraction of sp³-hybridized carbons (Fsp3) is 0.562. The zero-order valence-electron chi connectivity index (χ0n) is 12.7. The lowest BCUT2D eigenvalue weighted by molar-refractivity contribution is -0.146. The monoisotopic (exact) mass is 292 g/mol. The van der Waals surface area contributed by atoms with Crippen LogP contribution in [0.2, 0.25) is 0 Å².